The second kappa shape index (κ2) is 5.02. The zero-order valence-corrected chi connectivity index (χ0v) is 11.5. The van der Waals surface area contributed by atoms with Crippen LogP contribution in [0.2, 0.25) is 0 Å². The molecule has 0 aliphatic carbocycles. The first-order chi connectivity index (χ1) is 8.45. The summed E-state index contributed by atoms with van der Waals surface area (Å²) in [5.41, 5.74) is 0.891. The van der Waals surface area contributed by atoms with Gasteiger partial charge in [0.15, 0.2) is 0 Å². The van der Waals surface area contributed by atoms with Crippen LogP contribution in [0.3, 0.4) is 0 Å². The maximum absolute atomic E-state index is 12.6. The fourth-order valence-electron chi connectivity index (χ4n) is 1.41. The second-order valence-corrected chi connectivity index (χ2v) is 6.22. The van der Waals surface area contributed by atoms with Gasteiger partial charge in [0.25, 0.3) is 0 Å². The van der Waals surface area contributed by atoms with E-state index >= 15 is 0 Å². The molecule has 2 rings (SSSR count). The number of nitrogens with zero attached hydrogens (tertiary/aromatic N) is 2. The van der Waals surface area contributed by atoms with Gasteiger partial charge in [-0.15, -0.1) is 11.3 Å². The molecule has 0 unspecified atom stereocenters. The molecule has 0 aromatic carbocycles. The van der Waals surface area contributed by atoms with E-state index in [1.54, 1.807) is 17.4 Å². The Morgan fingerprint density at radius 1 is 1.22 bits per heavy atom. The van der Waals surface area contributed by atoms with Crippen LogP contribution in [0, 0.1) is 5.95 Å². The lowest BCUT2D eigenvalue weighted by Gasteiger charge is -2.13. The molecule has 96 valence electrons. The van der Waals surface area contributed by atoms with Crippen molar-refractivity contribution in [1.29, 1.82) is 0 Å². The average Bonchev–Trinajstić information content (AvgIpc) is 2.77. The van der Waals surface area contributed by atoms with E-state index in [1.165, 1.54) is 12.3 Å². The summed E-state index contributed by atoms with van der Waals surface area (Å²) in [5.74, 6) is -0.464. The van der Waals surface area contributed by atoms with E-state index in [0.717, 1.165) is 15.6 Å². The first-order valence-corrected chi connectivity index (χ1v) is 6.57. The predicted octanol–water partition coefficient (Wildman–Crippen LogP) is 3.59. The number of anilines is 1. The van der Waals surface area contributed by atoms with Crippen molar-refractivity contribution >= 4 is 17.0 Å². The highest BCUT2D eigenvalue weighted by molar-refractivity contribution is 7.11. The van der Waals surface area contributed by atoms with Crippen molar-refractivity contribution < 1.29 is 4.39 Å². The third-order valence-corrected chi connectivity index (χ3v) is 3.81. The Kier molecular flexibility index (Phi) is 3.61. The van der Waals surface area contributed by atoms with Crippen LogP contribution in [0.25, 0.3) is 0 Å². The van der Waals surface area contributed by atoms with Crippen molar-refractivity contribution in [2.24, 2.45) is 0 Å². The molecular formula is C13H16FN3S. The largest absolute Gasteiger partial charge is 0.379 e. The minimum atomic E-state index is -0.464. The third-order valence-electron chi connectivity index (χ3n) is 2.39. The van der Waals surface area contributed by atoms with Crippen LogP contribution >= 0.6 is 11.3 Å². The number of pyridine rings is 1. The molecule has 0 amide bonds. The summed E-state index contributed by atoms with van der Waals surface area (Å²) in [5, 5.41) is 4.32. The van der Waals surface area contributed by atoms with Crippen molar-refractivity contribution in [3.05, 3.63) is 40.4 Å². The lowest BCUT2D eigenvalue weighted by atomic mass is 9.98. The van der Waals surface area contributed by atoms with Crippen LogP contribution in [0.4, 0.5) is 10.1 Å². The predicted molar refractivity (Wildman–Crippen MR) is 72.3 cm³/mol. The number of hydrogen-bond donors (Lipinski definition) is 1. The molecule has 0 atom stereocenters. The maximum Gasteiger partial charge on any atom is 0.212 e. The molecule has 0 spiro atoms. The maximum atomic E-state index is 12.6. The normalized spacial score (nSPS) is 11.6. The van der Waals surface area contributed by atoms with E-state index in [0.29, 0.717) is 6.54 Å². The molecule has 3 nitrogen and oxygen atoms in total. The molecule has 5 heteroatoms. The van der Waals surface area contributed by atoms with E-state index in [1.807, 2.05) is 6.20 Å². The molecule has 18 heavy (non-hydrogen) atoms. The van der Waals surface area contributed by atoms with Gasteiger partial charge in [0.05, 0.1) is 23.4 Å². The molecule has 0 radical (unpaired) electrons. The quantitative estimate of drug-likeness (QED) is 0.862. The van der Waals surface area contributed by atoms with E-state index in [-0.39, 0.29) is 5.41 Å². The summed E-state index contributed by atoms with van der Waals surface area (Å²) in [7, 11) is 0. The molecule has 0 bridgehead atoms. The number of thiazole rings is 1. The molecule has 0 aliphatic rings. The van der Waals surface area contributed by atoms with Gasteiger partial charge in [-0.05, 0) is 12.1 Å². The Bertz CT molecular complexity index is 514. The fourth-order valence-corrected chi connectivity index (χ4v) is 2.32. The van der Waals surface area contributed by atoms with Crippen LogP contribution in [-0.4, -0.2) is 9.97 Å². The Balaban J connectivity index is 1.98. The minimum absolute atomic E-state index is 0.0837. The Morgan fingerprint density at radius 2 is 2.00 bits per heavy atom. The topological polar surface area (TPSA) is 37.8 Å². The molecule has 2 aromatic heterocycles. The van der Waals surface area contributed by atoms with Crippen LogP contribution < -0.4 is 5.32 Å². The molecule has 2 heterocycles. The first kappa shape index (κ1) is 13.0. The molecule has 0 aliphatic heterocycles. The van der Waals surface area contributed by atoms with Gasteiger partial charge in [0.1, 0.15) is 0 Å². The van der Waals surface area contributed by atoms with E-state index in [2.05, 4.69) is 36.1 Å². The molecule has 0 fully saturated rings. The lowest BCUT2D eigenvalue weighted by Crippen LogP contribution is -2.09. The van der Waals surface area contributed by atoms with Crippen molar-refractivity contribution in [1.82, 2.24) is 9.97 Å². The summed E-state index contributed by atoms with van der Waals surface area (Å²) < 4.78 is 12.6. The van der Waals surface area contributed by atoms with Crippen molar-refractivity contribution in [2.75, 3.05) is 5.32 Å². The number of halogens is 1. The molecule has 0 saturated carbocycles. The lowest BCUT2D eigenvalue weighted by molar-refractivity contribution is 0.584. The third kappa shape index (κ3) is 3.26. The smallest absolute Gasteiger partial charge is 0.212 e. The van der Waals surface area contributed by atoms with Crippen molar-refractivity contribution in [3.63, 3.8) is 0 Å². The number of aromatic nitrogens is 2. The summed E-state index contributed by atoms with van der Waals surface area (Å²) in [6, 6.07) is 3.02. The number of hydrogen-bond acceptors (Lipinski definition) is 4. The first-order valence-electron chi connectivity index (χ1n) is 5.76. The van der Waals surface area contributed by atoms with Gasteiger partial charge in [0, 0.05) is 16.5 Å². The zero-order chi connectivity index (χ0) is 13.2. The SMILES string of the molecule is CC(C)(C)c1ncc(CNc2ccc(F)nc2)s1. The summed E-state index contributed by atoms with van der Waals surface area (Å²) in [6.45, 7) is 7.12. The highest BCUT2D eigenvalue weighted by Gasteiger charge is 2.17. The zero-order valence-electron chi connectivity index (χ0n) is 10.7. The highest BCUT2D eigenvalue weighted by Crippen LogP contribution is 2.27. The Morgan fingerprint density at radius 3 is 2.56 bits per heavy atom. The van der Waals surface area contributed by atoms with Gasteiger partial charge in [-0.2, -0.15) is 4.39 Å². The number of nitrogens with one attached hydrogen (secondary N) is 1. The molecular weight excluding hydrogens is 249 g/mol. The fraction of sp³-hybridized carbons (Fsp3) is 0.385. The Labute approximate surface area is 110 Å². The molecule has 2 aromatic rings. The van der Waals surface area contributed by atoms with Crippen molar-refractivity contribution in [2.45, 2.75) is 32.7 Å². The van der Waals surface area contributed by atoms with E-state index < -0.39 is 5.95 Å². The monoisotopic (exact) mass is 265 g/mol. The average molecular weight is 265 g/mol. The van der Waals surface area contributed by atoms with E-state index in [9.17, 15) is 4.39 Å². The summed E-state index contributed by atoms with van der Waals surface area (Å²) >= 11 is 1.69. The van der Waals surface area contributed by atoms with Gasteiger partial charge in [-0.25, -0.2) is 9.97 Å². The van der Waals surface area contributed by atoms with E-state index in [4.69, 9.17) is 0 Å². The van der Waals surface area contributed by atoms with Gasteiger partial charge in [-0.3, -0.25) is 0 Å². The van der Waals surface area contributed by atoms with Crippen LogP contribution in [0.5, 0.6) is 0 Å². The minimum Gasteiger partial charge on any atom is -0.379 e. The highest BCUT2D eigenvalue weighted by atomic mass is 32.1. The molecule has 0 saturated heterocycles. The standard InChI is InChI=1S/C13H16FN3S/c1-13(2,3)12-17-8-10(18-12)7-15-9-4-5-11(14)16-6-9/h4-6,8,15H,7H2,1-3H3. The molecule has 1 N–H and O–H groups in total. The van der Waals surface area contributed by atoms with Crippen LogP contribution in [0.1, 0.15) is 30.7 Å². The summed E-state index contributed by atoms with van der Waals surface area (Å²) in [4.78, 5) is 9.17. The Hall–Kier alpha value is -1.49. The second-order valence-electron chi connectivity index (χ2n) is 5.10. The number of rotatable bonds is 3. The summed E-state index contributed by atoms with van der Waals surface area (Å²) in [6.07, 6.45) is 3.37. The van der Waals surface area contributed by atoms with Gasteiger partial charge < -0.3 is 5.32 Å². The van der Waals surface area contributed by atoms with Crippen LogP contribution in [0.15, 0.2) is 24.5 Å². The van der Waals surface area contributed by atoms with Crippen LogP contribution in [-0.2, 0) is 12.0 Å². The van der Waals surface area contributed by atoms with Gasteiger partial charge in [0.2, 0.25) is 5.95 Å². The van der Waals surface area contributed by atoms with Crippen molar-refractivity contribution in [3.8, 4) is 0 Å². The van der Waals surface area contributed by atoms with Gasteiger partial charge in [-0.1, -0.05) is 20.8 Å². The van der Waals surface area contributed by atoms with Gasteiger partial charge >= 0.3 is 0 Å².